The summed E-state index contributed by atoms with van der Waals surface area (Å²) in [7, 11) is 0. The summed E-state index contributed by atoms with van der Waals surface area (Å²) in [5, 5.41) is 44.1. The summed E-state index contributed by atoms with van der Waals surface area (Å²) < 4.78 is 0. The molecule has 4 N–H and O–H groups in total. The summed E-state index contributed by atoms with van der Waals surface area (Å²) in [4.78, 5) is 13.2. The van der Waals surface area contributed by atoms with E-state index < -0.39 is 47.1 Å². The van der Waals surface area contributed by atoms with Gasteiger partial charge in [-0.25, -0.2) is 0 Å². The minimum absolute atomic E-state index is 0.0329. The average Bonchev–Trinajstić information content (AvgIpc) is 2.65. The standard InChI is InChI=1S/C20H30O5/c1-9-10-7-11(21)15-19(4)12(18(2,3)6-5-13(19)22)8-14(23)20(15,16(9)24)17(10)25/h10-15,17,21-23,25H,1,5-8H2,2-4H3/t10-,11-,12+,13-,14+,15-,17+,19-,20+/m0/s1. The van der Waals surface area contributed by atoms with E-state index in [1.165, 1.54) is 0 Å². The highest BCUT2D eigenvalue weighted by Gasteiger charge is 2.77. The molecule has 0 saturated heterocycles. The maximum Gasteiger partial charge on any atom is 0.170 e. The van der Waals surface area contributed by atoms with Crippen LogP contribution in [0.25, 0.3) is 0 Å². The lowest BCUT2D eigenvalue weighted by molar-refractivity contribution is -0.274. The van der Waals surface area contributed by atoms with Crippen LogP contribution in [0.3, 0.4) is 0 Å². The molecule has 25 heavy (non-hydrogen) atoms. The molecule has 4 fully saturated rings. The molecule has 4 aliphatic rings. The summed E-state index contributed by atoms with van der Waals surface area (Å²) in [6.45, 7) is 10.1. The van der Waals surface area contributed by atoms with E-state index >= 15 is 0 Å². The Balaban J connectivity index is 1.95. The van der Waals surface area contributed by atoms with Crippen molar-refractivity contribution in [3.63, 3.8) is 0 Å². The van der Waals surface area contributed by atoms with Crippen LogP contribution in [0.5, 0.6) is 0 Å². The van der Waals surface area contributed by atoms with Gasteiger partial charge in [0.2, 0.25) is 0 Å². The van der Waals surface area contributed by atoms with Crippen molar-refractivity contribution in [2.75, 3.05) is 0 Å². The fraction of sp³-hybridized carbons (Fsp3) is 0.850. The number of hydrogen-bond acceptors (Lipinski definition) is 5. The third-order valence-electron chi connectivity index (χ3n) is 8.55. The number of rotatable bonds is 0. The molecule has 0 aliphatic heterocycles. The molecule has 4 rings (SSSR count). The Bertz CT molecular complexity index is 642. The minimum atomic E-state index is -1.43. The fourth-order valence-electron chi connectivity index (χ4n) is 7.38. The second-order valence-electron chi connectivity index (χ2n) is 9.83. The van der Waals surface area contributed by atoms with Crippen molar-refractivity contribution in [1.82, 2.24) is 0 Å². The predicted octanol–water partition coefficient (Wildman–Crippen LogP) is 1.04. The van der Waals surface area contributed by atoms with E-state index in [1.54, 1.807) is 0 Å². The van der Waals surface area contributed by atoms with Crippen LogP contribution in [-0.4, -0.2) is 50.6 Å². The Labute approximate surface area is 148 Å². The van der Waals surface area contributed by atoms with Crippen LogP contribution in [0.2, 0.25) is 0 Å². The maximum absolute atomic E-state index is 13.2. The normalized spacial score (nSPS) is 57.2. The fourth-order valence-corrected chi connectivity index (χ4v) is 7.38. The van der Waals surface area contributed by atoms with E-state index in [0.717, 1.165) is 6.42 Å². The monoisotopic (exact) mass is 350 g/mol. The van der Waals surface area contributed by atoms with Crippen LogP contribution in [0.4, 0.5) is 0 Å². The van der Waals surface area contributed by atoms with E-state index in [4.69, 9.17) is 0 Å². The number of carbonyl (C=O) groups is 1. The van der Waals surface area contributed by atoms with Crippen molar-refractivity contribution < 1.29 is 25.2 Å². The lowest BCUT2D eigenvalue weighted by Crippen LogP contribution is -2.72. The Morgan fingerprint density at radius 1 is 1.04 bits per heavy atom. The van der Waals surface area contributed by atoms with E-state index in [-0.39, 0.29) is 23.5 Å². The van der Waals surface area contributed by atoms with E-state index in [0.29, 0.717) is 18.4 Å². The van der Waals surface area contributed by atoms with Gasteiger partial charge in [0.05, 0.1) is 29.8 Å². The molecule has 0 aromatic rings. The predicted molar refractivity (Wildman–Crippen MR) is 91.4 cm³/mol. The largest absolute Gasteiger partial charge is 0.393 e. The number of aliphatic hydroxyl groups excluding tert-OH is 4. The molecule has 5 heteroatoms. The van der Waals surface area contributed by atoms with Crippen molar-refractivity contribution in [2.45, 2.75) is 70.9 Å². The Kier molecular flexibility index (Phi) is 3.49. The summed E-state index contributed by atoms with van der Waals surface area (Å²) in [6.07, 6.45) is -1.52. The summed E-state index contributed by atoms with van der Waals surface area (Å²) in [6, 6.07) is 0. The first-order valence-corrected chi connectivity index (χ1v) is 9.46. The molecular weight excluding hydrogens is 320 g/mol. The van der Waals surface area contributed by atoms with Crippen molar-refractivity contribution in [1.29, 1.82) is 0 Å². The molecule has 0 aromatic carbocycles. The molecule has 1 spiro atoms. The zero-order valence-corrected chi connectivity index (χ0v) is 15.3. The zero-order chi connectivity index (χ0) is 18.5. The summed E-state index contributed by atoms with van der Waals surface area (Å²) in [5.74, 6) is -1.51. The molecule has 0 heterocycles. The second-order valence-corrected chi connectivity index (χ2v) is 9.83. The van der Waals surface area contributed by atoms with Crippen LogP contribution in [-0.2, 0) is 4.79 Å². The third kappa shape index (κ3) is 1.76. The molecule has 0 unspecified atom stereocenters. The number of ketones is 1. The van der Waals surface area contributed by atoms with Gasteiger partial charge in [0, 0.05) is 17.3 Å². The molecule has 0 radical (unpaired) electrons. The van der Waals surface area contributed by atoms with Gasteiger partial charge in [-0.3, -0.25) is 4.79 Å². The molecule has 2 bridgehead atoms. The molecule has 140 valence electrons. The second kappa shape index (κ2) is 4.94. The maximum atomic E-state index is 13.2. The summed E-state index contributed by atoms with van der Waals surface area (Å²) >= 11 is 0. The van der Waals surface area contributed by atoms with Crippen LogP contribution in [0.1, 0.15) is 46.5 Å². The van der Waals surface area contributed by atoms with Gasteiger partial charge in [-0.15, -0.1) is 0 Å². The van der Waals surface area contributed by atoms with Crippen LogP contribution < -0.4 is 0 Å². The highest BCUT2D eigenvalue weighted by molar-refractivity contribution is 6.04. The van der Waals surface area contributed by atoms with Gasteiger partial charge >= 0.3 is 0 Å². The molecule has 0 aromatic heterocycles. The minimum Gasteiger partial charge on any atom is -0.393 e. The van der Waals surface area contributed by atoms with Crippen molar-refractivity contribution in [3.05, 3.63) is 12.2 Å². The van der Waals surface area contributed by atoms with Gasteiger partial charge in [-0.05, 0) is 42.6 Å². The first-order chi connectivity index (χ1) is 11.5. The first-order valence-electron chi connectivity index (χ1n) is 9.46. The highest BCUT2D eigenvalue weighted by Crippen LogP contribution is 2.70. The Morgan fingerprint density at radius 2 is 1.68 bits per heavy atom. The van der Waals surface area contributed by atoms with Gasteiger partial charge in [0.1, 0.15) is 0 Å². The lowest BCUT2D eigenvalue weighted by Gasteiger charge is -2.67. The third-order valence-corrected chi connectivity index (χ3v) is 8.55. The Morgan fingerprint density at radius 3 is 2.32 bits per heavy atom. The number of carbonyl (C=O) groups excluding carboxylic acids is 1. The van der Waals surface area contributed by atoms with Crippen LogP contribution in [0.15, 0.2) is 12.2 Å². The van der Waals surface area contributed by atoms with Gasteiger partial charge < -0.3 is 20.4 Å². The number of Topliss-reactive ketones (excluding diaryl/α,β-unsaturated/α-hetero) is 1. The number of aliphatic hydroxyl groups is 4. The summed E-state index contributed by atoms with van der Waals surface area (Å²) in [5.41, 5.74) is -1.96. The van der Waals surface area contributed by atoms with E-state index in [2.05, 4.69) is 20.4 Å². The molecule has 9 atom stereocenters. The van der Waals surface area contributed by atoms with Crippen molar-refractivity contribution >= 4 is 5.78 Å². The van der Waals surface area contributed by atoms with E-state index in [9.17, 15) is 25.2 Å². The lowest BCUT2D eigenvalue weighted by atomic mass is 9.38. The molecule has 0 amide bonds. The topological polar surface area (TPSA) is 98.0 Å². The smallest absolute Gasteiger partial charge is 0.170 e. The molecule has 4 aliphatic carbocycles. The molecular formula is C20H30O5. The Hall–Kier alpha value is -0.750. The quantitative estimate of drug-likeness (QED) is 0.489. The van der Waals surface area contributed by atoms with Crippen molar-refractivity contribution in [2.24, 2.45) is 34.0 Å². The van der Waals surface area contributed by atoms with Gasteiger partial charge in [-0.1, -0.05) is 27.4 Å². The van der Waals surface area contributed by atoms with Crippen LogP contribution >= 0.6 is 0 Å². The van der Waals surface area contributed by atoms with Gasteiger partial charge in [0.25, 0.3) is 0 Å². The molecule has 4 saturated carbocycles. The highest BCUT2D eigenvalue weighted by atomic mass is 16.3. The van der Waals surface area contributed by atoms with Gasteiger partial charge in [-0.2, -0.15) is 0 Å². The zero-order valence-electron chi connectivity index (χ0n) is 15.3. The SMILES string of the molecule is C=C1C(=O)[C@@]23[C@H](O)C[C@@H]4C(C)(C)CC[C@H](O)[C@@]4(C)[C@@H]2[C@@H](O)C[C@@H]1[C@H]3O. The average molecular weight is 350 g/mol. The van der Waals surface area contributed by atoms with Crippen LogP contribution in [0, 0.1) is 34.0 Å². The molecule has 5 nitrogen and oxygen atoms in total. The van der Waals surface area contributed by atoms with Crippen molar-refractivity contribution in [3.8, 4) is 0 Å². The van der Waals surface area contributed by atoms with E-state index in [1.807, 2.05) is 6.92 Å². The number of fused-ring (bicyclic) bond motifs is 3. The first kappa shape index (κ1) is 17.7. The number of hydrogen-bond donors (Lipinski definition) is 4. The van der Waals surface area contributed by atoms with Gasteiger partial charge in [0.15, 0.2) is 5.78 Å².